The summed E-state index contributed by atoms with van der Waals surface area (Å²) >= 11 is 0. The Morgan fingerprint density at radius 2 is 1.34 bits per heavy atom. The molecule has 0 aliphatic heterocycles. The van der Waals surface area contributed by atoms with Gasteiger partial charge >= 0.3 is 1.43 Å². The second-order valence-corrected chi connectivity index (χ2v) is 9.81. The maximum absolute atomic E-state index is 10.9. The summed E-state index contributed by atoms with van der Waals surface area (Å²) in [6.45, 7) is 10.4. The fraction of sp³-hybridized carbons (Fsp3) is 0.533. The van der Waals surface area contributed by atoms with Crippen molar-refractivity contribution in [1.82, 2.24) is 9.80 Å². The molecule has 0 fully saturated rings. The maximum atomic E-state index is 10.9. The molecule has 0 aromatic heterocycles. The SMILES string of the molecule is CC=C(c1cccc(OC)c1)[C@@H](C)CN(C)C.CC[C@@](O)(c1cccc(OC)c1)[C@@H](C)CN(C)C.Cl.Cl.O.S.S.S.[H+]. The highest BCUT2D eigenvalue weighted by atomic mass is 35.5. The Labute approximate surface area is 285 Å². The maximum Gasteiger partial charge on any atom is 1.00 e. The second-order valence-electron chi connectivity index (χ2n) is 9.81. The molecule has 0 bridgehead atoms. The second kappa shape index (κ2) is 26.8. The van der Waals surface area contributed by atoms with Crippen molar-refractivity contribution in [2.75, 3.05) is 55.5 Å². The van der Waals surface area contributed by atoms with Crippen LogP contribution in [-0.4, -0.2) is 75.9 Å². The van der Waals surface area contributed by atoms with Crippen molar-refractivity contribution in [2.45, 2.75) is 39.7 Å². The first kappa shape index (κ1) is 52.9. The fourth-order valence-corrected chi connectivity index (χ4v) is 4.61. The van der Waals surface area contributed by atoms with Crippen molar-refractivity contribution in [3.8, 4) is 11.5 Å². The van der Waals surface area contributed by atoms with Gasteiger partial charge in [0.15, 0.2) is 0 Å². The molecule has 244 valence electrons. The number of ether oxygens (including phenoxy) is 2. The van der Waals surface area contributed by atoms with Gasteiger partial charge in [-0.25, -0.2) is 0 Å². The summed E-state index contributed by atoms with van der Waals surface area (Å²) in [7, 11) is 11.6. The Bertz CT molecular complexity index is 947. The van der Waals surface area contributed by atoms with E-state index >= 15 is 0 Å². The molecule has 0 heterocycles. The van der Waals surface area contributed by atoms with Crippen LogP contribution >= 0.6 is 65.3 Å². The summed E-state index contributed by atoms with van der Waals surface area (Å²) < 4.78 is 10.5. The molecule has 2 aromatic carbocycles. The van der Waals surface area contributed by atoms with Crippen molar-refractivity contribution in [3.05, 3.63) is 65.7 Å². The normalized spacial score (nSPS) is 13.0. The molecule has 0 saturated heterocycles. The van der Waals surface area contributed by atoms with Crippen molar-refractivity contribution >= 4 is 70.9 Å². The average Bonchev–Trinajstić information content (AvgIpc) is 2.83. The van der Waals surface area contributed by atoms with Gasteiger partial charge in [-0.15, -0.1) is 24.8 Å². The molecule has 0 amide bonds. The van der Waals surface area contributed by atoms with Gasteiger partial charge in [-0.2, -0.15) is 40.5 Å². The predicted octanol–water partition coefficient (Wildman–Crippen LogP) is 6.26. The number of allylic oxidation sites excluding steroid dienone is 1. The van der Waals surface area contributed by atoms with Gasteiger partial charge in [0.1, 0.15) is 11.5 Å². The van der Waals surface area contributed by atoms with Crippen molar-refractivity contribution in [1.29, 1.82) is 0 Å². The molecule has 0 aliphatic rings. The summed E-state index contributed by atoms with van der Waals surface area (Å²) in [4.78, 5) is 4.32. The van der Waals surface area contributed by atoms with Gasteiger partial charge in [-0.05, 0) is 88.4 Å². The first-order valence-corrected chi connectivity index (χ1v) is 12.5. The van der Waals surface area contributed by atoms with E-state index in [9.17, 15) is 5.11 Å². The van der Waals surface area contributed by atoms with Gasteiger partial charge in [-0.3, -0.25) is 0 Å². The van der Waals surface area contributed by atoms with E-state index in [0.29, 0.717) is 12.3 Å². The highest BCUT2D eigenvalue weighted by molar-refractivity contribution is 7.59. The zero-order valence-electron chi connectivity index (χ0n) is 27.4. The molecule has 6 nitrogen and oxygen atoms in total. The van der Waals surface area contributed by atoms with Gasteiger partial charge in [-0.1, -0.05) is 51.1 Å². The van der Waals surface area contributed by atoms with Crippen LogP contribution in [-0.2, 0) is 5.60 Å². The molecule has 0 spiro atoms. The molecule has 2 aromatic rings. The van der Waals surface area contributed by atoms with E-state index in [2.05, 4.69) is 62.9 Å². The largest absolute Gasteiger partial charge is 1.00 e. The van der Waals surface area contributed by atoms with Crippen LogP contribution in [0.4, 0.5) is 0 Å². The zero-order valence-corrected chi connectivity index (χ0v) is 31.1. The zero-order chi connectivity index (χ0) is 26.6. The predicted molar refractivity (Wildman–Crippen MR) is 200 cm³/mol. The van der Waals surface area contributed by atoms with E-state index in [1.165, 1.54) is 11.1 Å². The number of benzene rings is 2. The Kier molecular flexibility index (Phi) is 34.6. The molecular formula is C30H59Cl2N2O4S3+. The Balaban J connectivity index is -0.000000100. The van der Waals surface area contributed by atoms with E-state index in [0.717, 1.165) is 30.2 Å². The highest BCUT2D eigenvalue weighted by Crippen LogP contribution is 2.35. The van der Waals surface area contributed by atoms with Gasteiger partial charge in [0.2, 0.25) is 0 Å². The summed E-state index contributed by atoms with van der Waals surface area (Å²) in [5.41, 5.74) is 2.75. The standard InChI is InChI=1S/C15H25NO2.C15H23NO.2ClH.H2O.3H2S/c1-6-15(17,12(2)11-16(3)4)13-8-7-9-14(10-13)18-5;1-6-15(12(2)11-16(3)4)13-8-7-9-14(10-13)17-5;;;;;;/h7-10,12,17H,6,11H2,1-5H3;6-10,12H,11H2,1-5H3;2*1H;4*1H2/p+1/t12-,15-;12-;;;;;;/m00....../s1. The third kappa shape index (κ3) is 17.2. The summed E-state index contributed by atoms with van der Waals surface area (Å²) in [5.74, 6) is 2.38. The number of methoxy groups -OCH3 is 2. The lowest BCUT2D eigenvalue weighted by molar-refractivity contribution is -0.0293. The van der Waals surface area contributed by atoms with E-state index < -0.39 is 5.60 Å². The number of hydrogen-bond acceptors (Lipinski definition) is 5. The summed E-state index contributed by atoms with van der Waals surface area (Å²) in [5, 5.41) is 10.9. The summed E-state index contributed by atoms with van der Waals surface area (Å²) in [6, 6.07) is 16.0. The Morgan fingerprint density at radius 3 is 1.76 bits per heavy atom. The van der Waals surface area contributed by atoms with Crippen LogP contribution in [0, 0.1) is 11.8 Å². The van der Waals surface area contributed by atoms with Gasteiger partial charge in [0.05, 0.1) is 19.8 Å². The fourth-order valence-electron chi connectivity index (χ4n) is 4.61. The van der Waals surface area contributed by atoms with Crippen LogP contribution in [0.5, 0.6) is 11.5 Å². The molecule has 0 unspecified atom stereocenters. The number of aliphatic hydroxyl groups is 1. The highest BCUT2D eigenvalue weighted by Gasteiger charge is 2.34. The van der Waals surface area contributed by atoms with Crippen molar-refractivity contribution < 1.29 is 21.5 Å². The third-order valence-corrected chi connectivity index (χ3v) is 6.45. The number of halogens is 2. The number of rotatable bonds is 11. The molecular weight excluding hydrogens is 619 g/mol. The Morgan fingerprint density at radius 1 is 0.878 bits per heavy atom. The van der Waals surface area contributed by atoms with Crippen LogP contribution in [0.15, 0.2) is 54.6 Å². The monoisotopic (exact) mass is 677 g/mol. The van der Waals surface area contributed by atoms with Crippen molar-refractivity contribution in [2.24, 2.45) is 11.8 Å². The molecule has 2 rings (SSSR count). The molecule has 41 heavy (non-hydrogen) atoms. The molecule has 3 N–H and O–H groups in total. The lowest BCUT2D eigenvalue weighted by atomic mass is 9.80. The minimum absolute atomic E-state index is 0. The van der Waals surface area contributed by atoms with Crippen LogP contribution in [0.1, 0.15) is 46.7 Å². The topological polar surface area (TPSA) is 76.7 Å². The van der Waals surface area contributed by atoms with Crippen molar-refractivity contribution in [3.63, 3.8) is 0 Å². The van der Waals surface area contributed by atoms with E-state index in [1.54, 1.807) is 14.2 Å². The lowest BCUT2D eigenvalue weighted by Gasteiger charge is -2.35. The first-order chi connectivity index (χ1) is 16.5. The van der Waals surface area contributed by atoms with E-state index in [-0.39, 0.29) is 78.1 Å². The molecule has 0 radical (unpaired) electrons. The minimum Gasteiger partial charge on any atom is -0.497 e. The first-order valence-electron chi connectivity index (χ1n) is 12.5. The summed E-state index contributed by atoms with van der Waals surface area (Å²) in [6.07, 6.45) is 2.89. The third-order valence-electron chi connectivity index (χ3n) is 6.45. The molecule has 11 heteroatoms. The number of nitrogens with zero attached hydrogens (tertiary/aromatic N) is 2. The van der Waals surface area contributed by atoms with E-state index in [4.69, 9.17) is 9.47 Å². The molecule has 0 aliphatic carbocycles. The van der Waals surface area contributed by atoms with Crippen LogP contribution in [0.2, 0.25) is 0 Å². The average molecular weight is 679 g/mol. The van der Waals surface area contributed by atoms with Gasteiger partial charge in [0.25, 0.3) is 0 Å². The van der Waals surface area contributed by atoms with Gasteiger partial charge < -0.3 is 29.9 Å². The number of hydrogen-bond donors (Lipinski definition) is 1. The van der Waals surface area contributed by atoms with Crippen LogP contribution < -0.4 is 9.47 Å². The Hall–Kier alpha value is -0.750. The van der Waals surface area contributed by atoms with Crippen LogP contribution in [0.3, 0.4) is 0 Å². The molecule has 3 atom stereocenters. The smallest absolute Gasteiger partial charge is 0.497 e. The lowest BCUT2D eigenvalue weighted by Crippen LogP contribution is -2.38. The minimum atomic E-state index is -0.807. The van der Waals surface area contributed by atoms with Crippen LogP contribution in [0.25, 0.3) is 5.57 Å². The molecule has 0 saturated carbocycles. The van der Waals surface area contributed by atoms with Gasteiger partial charge in [0, 0.05) is 19.0 Å². The van der Waals surface area contributed by atoms with E-state index in [1.807, 2.05) is 57.4 Å². The quantitative estimate of drug-likeness (QED) is 0.304.